The third kappa shape index (κ3) is 15.1. The molecule has 0 atom stereocenters. The van der Waals surface area contributed by atoms with Gasteiger partial charge in [0.25, 0.3) is 0 Å². The van der Waals surface area contributed by atoms with Gasteiger partial charge in [0.2, 0.25) is 11.8 Å². The molecule has 320 valence electrons. The van der Waals surface area contributed by atoms with Crippen molar-refractivity contribution in [2.24, 2.45) is 10.8 Å². The number of alkyl carbamates (subject to hydrolysis) is 2. The summed E-state index contributed by atoms with van der Waals surface area (Å²) in [5.74, 6) is -2.08. The van der Waals surface area contributed by atoms with Crippen molar-refractivity contribution in [2.75, 3.05) is 13.1 Å². The van der Waals surface area contributed by atoms with Crippen LogP contribution in [0, 0.1) is 10.8 Å². The van der Waals surface area contributed by atoms with Gasteiger partial charge in [0.05, 0.1) is 12.8 Å². The average Bonchev–Trinajstić information content (AvgIpc) is 3.09. The molecule has 0 aliphatic heterocycles. The lowest BCUT2D eigenvalue weighted by Crippen LogP contribution is -2.61. The van der Waals surface area contributed by atoms with E-state index < -0.39 is 46.4 Å². The third-order valence-corrected chi connectivity index (χ3v) is 11.9. The second-order valence-electron chi connectivity index (χ2n) is 19.2. The van der Waals surface area contributed by atoms with Gasteiger partial charge in [0.1, 0.15) is 22.3 Å². The zero-order valence-electron chi connectivity index (χ0n) is 35.1. The summed E-state index contributed by atoms with van der Waals surface area (Å²) < 4.78 is 10.7. The standard InChI is InChI=1S/2C21H36N2O5/c2*1-19(2,3)28-18(27)23-21(12-8-5-9-13-21)17(26)22-15-20(14-16(24)25)10-6-4-7-11-20/h2*4-15H2,1-3H3,(H,22,26)(H,23,27)(H,24,25). The predicted octanol–water partition coefficient (Wildman–Crippen LogP) is 7.51. The summed E-state index contributed by atoms with van der Waals surface area (Å²) in [6.45, 7) is 11.4. The smallest absolute Gasteiger partial charge is 0.408 e. The zero-order chi connectivity index (χ0) is 41.7. The molecule has 4 saturated carbocycles. The highest BCUT2D eigenvalue weighted by molar-refractivity contribution is 5.91. The molecule has 14 heteroatoms. The first-order valence-electron chi connectivity index (χ1n) is 21.1. The Kier molecular flexibility index (Phi) is 16.9. The second kappa shape index (κ2) is 20.2. The molecule has 56 heavy (non-hydrogen) atoms. The molecule has 4 aliphatic rings. The molecule has 4 aliphatic carbocycles. The third-order valence-electron chi connectivity index (χ3n) is 11.9. The van der Waals surface area contributed by atoms with Crippen LogP contribution in [0.5, 0.6) is 0 Å². The van der Waals surface area contributed by atoms with Gasteiger partial charge in [-0.05, 0) is 104 Å². The maximum Gasteiger partial charge on any atom is 0.408 e. The van der Waals surface area contributed by atoms with Crippen molar-refractivity contribution in [1.82, 2.24) is 21.3 Å². The summed E-state index contributed by atoms with van der Waals surface area (Å²) in [6.07, 6.45) is 16.2. The Morgan fingerprint density at radius 1 is 0.464 bits per heavy atom. The first-order chi connectivity index (χ1) is 26.1. The van der Waals surface area contributed by atoms with Crippen LogP contribution in [-0.2, 0) is 28.7 Å². The highest BCUT2D eigenvalue weighted by Crippen LogP contribution is 2.40. The topological polar surface area (TPSA) is 209 Å². The van der Waals surface area contributed by atoms with Crippen LogP contribution in [0.4, 0.5) is 9.59 Å². The number of nitrogens with one attached hydrogen (secondary N) is 4. The second-order valence-corrected chi connectivity index (χ2v) is 19.2. The van der Waals surface area contributed by atoms with Crippen LogP contribution in [0.15, 0.2) is 0 Å². The first-order valence-corrected chi connectivity index (χ1v) is 21.1. The van der Waals surface area contributed by atoms with Gasteiger partial charge in [-0.25, -0.2) is 9.59 Å². The quantitative estimate of drug-likeness (QED) is 0.115. The van der Waals surface area contributed by atoms with Gasteiger partial charge >= 0.3 is 24.1 Å². The summed E-state index contributed by atoms with van der Waals surface area (Å²) in [5.41, 5.74) is -3.99. The van der Waals surface area contributed by atoms with Crippen LogP contribution >= 0.6 is 0 Å². The van der Waals surface area contributed by atoms with Gasteiger partial charge < -0.3 is 41.0 Å². The Morgan fingerprint density at radius 2 is 0.732 bits per heavy atom. The number of ether oxygens (including phenoxy) is 2. The average molecular weight is 793 g/mol. The largest absolute Gasteiger partial charge is 0.481 e. The van der Waals surface area contributed by atoms with E-state index in [1.54, 1.807) is 41.5 Å². The highest BCUT2D eigenvalue weighted by Gasteiger charge is 2.45. The lowest BCUT2D eigenvalue weighted by molar-refractivity contribution is -0.141. The predicted molar refractivity (Wildman–Crippen MR) is 212 cm³/mol. The van der Waals surface area contributed by atoms with Crippen LogP contribution in [0.2, 0.25) is 0 Å². The first kappa shape index (κ1) is 46.8. The fourth-order valence-electron chi connectivity index (χ4n) is 9.08. The van der Waals surface area contributed by atoms with Gasteiger partial charge in [-0.15, -0.1) is 0 Å². The van der Waals surface area contributed by atoms with E-state index in [9.17, 15) is 39.0 Å². The molecule has 6 N–H and O–H groups in total. The maximum atomic E-state index is 13.2. The van der Waals surface area contributed by atoms with E-state index in [-0.39, 0.29) is 35.5 Å². The summed E-state index contributed by atoms with van der Waals surface area (Å²) >= 11 is 0. The van der Waals surface area contributed by atoms with Crippen molar-refractivity contribution >= 4 is 35.9 Å². The monoisotopic (exact) mass is 793 g/mol. The number of carbonyl (C=O) groups excluding carboxylic acids is 4. The number of aliphatic carboxylic acids is 2. The molecule has 0 aromatic heterocycles. The van der Waals surface area contributed by atoms with Crippen molar-refractivity contribution in [3.8, 4) is 0 Å². The van der Waals surface area contributed by atoms with Crippen molar-refractivity contribution in [2.45, 2.75) is 205 Å². The van der Waals surface area contributed by atoms with Gasteiger partial charge in [0, 0.05) is 13.1 Å². The van der Waals surface area contributed by atoms with Gasteiger partial charge in [-0.2, -0.15) is 0 Å². The van der Waals surface area contributed by atoms with E-state index in [1.165, 1.54) is 0 Å². The molecule has 4 fully saturated rings. The normalized spacial score (nSPS) is 21.4. The van der Waals surface area contributed by atoms with E-state index in [4.69, 9.17) is 9.47 Å². The van der Waals surface area contributed by atoms with Crippen molar-refractivity contribution in [3.63, 3.8) is 0 Å². The summed E-state index contributed by atoms with van der Waals surface area (Å²) in [4.78, 5) is 73.8. The Labute approximate surface area is 334 Å². The lowest BCUT2D eigenvalue weighted by Gasteiger charge is -2.40. The van der Waals surface area contributed by atoms with Gasteiger partial charge in [-0.1, -0.05) is 77.0 Å². The zero-order valence-corrected chi connectivity index (χ0v) is 35.1. The minimum atomic E-state index is -0.973. The minimum Gasteiger partial charge on any atom is -0.481 e. The number of carboxylic acids is 2. The molecule has 4 amide bonds. The Morgan fingerprint density at radius 3 is 0.982 bits per heavy atom. The van der Waals surface area contributed by atoms with Crippen LogP contribution < -0.4 is 21.3 Å². The number of carbonyl (C=O) groups is 6. The van der Waals surface area contributed by atoms with Crippen molar-refractivity contribution < 1.29 is 48.5 Å². The van der Waals surface area contributed by atoms with Crippen LogP contribution in [0.25, 0.3) is 0 Å². The molecule has 0 radical (unpaired) electrons. The minimum absolute atomic E-state index is 0.0692. The lowest BCUT2D eigenvalue weighted by atomic mass is 9.71. The summed E-state index contributed by atoms with van der Waals surface area (Å²) in [5, 5.41) is 30.4. The molecule has 0 heterocycles. The molecular formula is C42H72N4O10. The van der Waals surface area contributed by atoms with E-state index in [0.29, 0.717) is 38.8 Å². The fourth-order valence-corrected chi connectivity index (χ4v) is 9.08. The maximum absolute atomic E-state index is 13.2. The van der Waals surface area contributed by atoms with Crippen molar-refractivity contribution in [1.29, 1.82) is 0 Å². The summed E-state index contributed by atoms with van der Waals surface area (Å²) in [7, 11) is 0. The molecule has 14 nitrogen and oxygen atoms in total. The van der Waals surface area contributed by atoms with E-state index in [1.807, 2.05) is 0 Å². The number of rotatable bonds is 12. The van der Waals surface area contributed by atoms with E-state index >= 15 is 0 Å². The molecular weight excluding hydrogens is 720 g/mol. The van der Waals surface area contributed by atoms with Gasteiger partial charge in [-0.3, -0.25) is 19.2 Å². The Bertz CT molecular complexity index is 1240. The van der Waals surface area contributed by atoms with E-state index in [2.05, 4.69) is 21.3 Å². The fraction of sp³-hybridized carbons (Fsp3) is 0.857. The Hall–Kier alpha value is -3.58. The number of hydrogen-bond acceptors (Lipinski definition) is 8. The Balaban J connectivity index is 0.000000300. The summed E-state index contributed by atoms with van der Waals surface area (Å²) in [6, 6.07) is 0. The molecule has 0 bridgehead atoms. The molecule has 0 spiro atoms. The van der Waals surface area contributed by atoms with Crippen LogP contribution in [-0.4, -0.2) is 81.5 Å². The molecule has 0 aromatic rings. The molecule has 0 saturated heterocycles. The number of carboxylic acid groups (broad SMARTS) is 2. The van der Waals surface area contributed by atoms with Gasteiger partial charge in [0.15, 0.2) is 0 Å². The van der Waals surface area contributed by atoms with Crippen LogP contribution in [0.3, 0.4) is 0 Å². The van der Waals surface area contributed by atoms with E-state index in [0.717, 1.165) is 103 Å². The SMILES string of the molecule is CC(C)(C)OC(=O)NC1(C(=O)NCC2(CC(=O)O)CCCCC2)CCCCC1.CC(C)(C)OC(=O)NC1(C(=O)NCC2(CC(=O)O)CCCCC2)CCCCC1. The molecule has 0 aromatic carbocycles. The highest BCUT2D eigenvalue weighted by atomic mass is 16.6. The number of hydrogen-bond donors (Lipinski definition) is 6. The van der Waals surface area contributed by atoms with Crippen LogP contribution in [0.1, 0.15) is 183 Å². The van der Waals surface area contributed by atoms with Crippen molar-refractivity contribution in [3.05, 3.63) is 0 Å². The molecule has 4 rings (SSSR count). The molecule has 0 unspecified atom stereocenters. The number of amides is 4.